The molecule has 0 unspecified atom stereocenters. The van der Waals surface area contributed by atoms with Crippen LogP contribution in [0.5, 0.6) is 0 Å². The molecule has 0 aliphatic heterocycles. The van der Waals surface area contributed by atoms with Crippen LogP contribution in [0.4, 0.5) is 5.69 Å². The summed E-state index contributed by atoms with van der Waals surface area (Å²) in [7, 11) is 0. The van der Waals surface area contributed by atoms with Crippen molar-refractivity contribution in [3.63, 3.8) is 0 Å². The van der Waals surface area contributed by atoms with E-state index in [0.29, 0.717) is 17.6 Å². The SMILES string of the molecule is CCc1ccc(CNc2cnn(CC)c(=O)c2Br)cc1. The van der Waals surface area contributed by atoms with Crippen LogP contribution in [0, 0.1) is 0 Å². The molecule has 0 saturated carbocycles. The van der Waals surface area contributed by atoms with Gasteiger partial charge in [0.15, 0.2) is 0 Å². The van der Waals surface area contributed by atoms with Gasteiger partial charge in [-0.25, -0.2) is 4.68 Å². The minimum absolute atomic E-state index is 0.112. The van der Waals surface area contributed by atoms with Crippen LogP contribution in [0.3, 0.4) is 0 Å². The molecule has 1 heterocycles. The summed E-state index contributed by atoms with van der Waals surface area (Å²) in [6.45, 7) is 5.26. The number of halogens is 1. The summed E-state index contributed by atoms with van der Waals surface area (Å²) < 4.78 is 1.95. The molecule has 106 valence electrons. The first kappa shape index (κ1) is 14.8. The van der Waals surface area contributed by atoms with E-state index in [1.165, 1.54) is 15.8 Å². The Labute approximate surface area is 127 Å². The molecule has 1 N–H and O–H groups in total. The van der Waals surface area contributed by atoms with Crippen molar-refractivity contribution in [3.05, 3.63) is 56.4 Å². The van der Waals surface area contributed by atoms with E-state index in [1.807, 2.05) is 6.92 Å². The second-order valence-corrected chi connectivity index (χ2v) is 5.31. The molecule has 2 rings (SSSR count). The zero-order valence-corrected chi connectivity index (χ0v) is 13.3. The van der Waals surface area contributed by atoms with E-state index in [-0.39, 0.29) is 5.56 Å². The summed E-state index contributed by atoms with van der Waals surface area (Å²) in [6, 6.07) is 8.44. The smallest absolute Gasteiger partial charge is 0.283 e. The normalized spacial score (nSPS) is 10.6. The zero-order chi connectivity index (χ0) is 14.5. The maximum atomic E-state index is 11.9. The molecule has 4 nitrogen and oxygen atoms in total. The molecule has 0 amide bonds. The molecule has 0 aliphatic rings. The third-order valence-electron chi connectivity index (χ3n) is 3.20. The summed E-state index contributed by atoms with van der Waals surface area (Å²) in [4.78, 5) is 11.9. The molecule has 2 aromatic rings. The van der Waals surface area contributed by atoms with Crippen LogP contribution in [0.15, 0.2) is 39.7 Å². The summed E-state index contributed by atoms with van der Waals surface area (Å²) >= 11 is 3.33. The lowest BCUT2D eigenvalue weighted by atomic mass is 10.1. The highest BCUT2D eigenvalue weighted by Crippen LogP contribution is 2.17. The molecular formula is C15H18BrN3O. The molecule has 5 heteroatoms. The number of rotatable bonds is 5. The van der Waals surface area contributed by atoms with Gasteiger partial charge in [0.2, 0.25) is 0 Å². The summed E-state index contributed by atoms with van der Waals surface area (Å²) in [5.41, 5.74) is 3.11. The van der Waals surface area contributed by atoms with Gasteiger partial charge in [0.25, 0.3) is 5.56 Å². The molecule has 0 bridgehead atoms. The molecule has 0 radical (unpaired) electrons. The Bertz CT molecular complexity index is 635. The van der Waals surface area contributed by atoms with Gasteiger partial charge in [0.05, 0.1) is 11.9 Å². The number of nitrogens with zero attached hydrogens (tertiary/aromatic N) is 2. The van der Waals surface area contributed by atoms with Gasteiger partial charge in [-0.15, -0.1) is 0 Å². The molecule has 0 fully saturated rings. The summed E-state index contributed by atoms with van der Waals surface area (Å²) in [5.74, 6) is 0. The Hall–Kier alpha value is -1.62. The molecule has 0 aliphatic carbocycles. The van der Waals surface area contributed by atoms with Crippen LogP contribution in [0.25, 0.3) is 0 Å². The van der Waals surface area contributed by atoms with Crippen molar-refractivity contribution in [1.82, 2.24) is 9.78 Å². The standard InChI is InChI=1S/C15H18BrN3O/c1-3-11-5-7-12(8-6-11)9-17-13-10-18-19(4-2)15(20)14(13)16/h5-8,10,17H,3-4,9H2,1-2H3. The predicted octanol–water partition coefficient (Wildman–Crippen LogP) is 3.20. The lowest BCUT2D eigenvalue weighted by Crippen LogP contribution is -2.23. The second-order valence-electron chi connectivity index (χ2n) is 4.52. The van der Waals surface area contributed by atoms with E-state index < -0.39 is 0 Å². The highest BCUT2D eigenvalue weighted by atomic mass is 79.9. The maximum Gasteiger partial charge on any atom is 0.283 e. The highest BCUT2D eigenvalue weighted by molar-refractivity contribution is 9.10. The first-order valence-corrected chi connectivity index (χ1v) is 7.52. The van der Waals surface area contributed by atoms with Gasteiger partial charge >= 0.3 is 0 Å². The Morgan fingerprint density at radius 3 is 2.45 bits per heavy atom. The van der Waals surface area contributed by atoms with Crippen molar-refractivity contribution in [1.29, 1.82) is 0 Å². The Balaban J connectivity index is 2.10. The first-order valence-electron chi connectivity index (χ1n) is 6.73. The first-order chi connectivity index (χ1) is 9.65. The third-order valence-corrected chi connectivity index (χ3v) is 3.96. The monoisotopic (exact) mass is 335 g/mol. The zero-order valence-electron chi connectivity index (χ0n) is 11.7. The molecule has 20 heavy (non-hydrogen) atoms. The molecule has 0 spiro atoms. The summed E-state index contributed by atoms with van der Waals surface area (Å²) in [6.07, 6.45) is 2.72. The van der Waals surface area contributed by atoms with Crippen LogP contribution in [-0.2, 0) is 19.5 Å². The minimum Gasteiger partial charge on any atom is -0.379 e. The summed E-state index contributed by atoms with van der Waals surface area (Å²) in [5, 5.41) is 7.35. The van der Waals surface area contributed by atoms with E-state index in [4.69, 9.17) is 0 Å². The average Bonchev–Trinajstić information content (AvgIpc) is 2.49. The fourth-order valence-electron chi connectivity index (χ4n) is 1.90. The number of aryl methyl sites for hydroxylation is 2. The molecule has 1 aromatic heterocycles. The van der Waals surface area contributed by atoms with Crippen molar-refractivity contribution < 1.29 is 0 Å². The van der Waals surface area contributed by atoms with Gasteiger partial charge in [-0.1, -0.05) is 31.2 Å². The molecule has 0 atom stereocenters. The quantitative estimate of drug-likeness (QED) is 0.912. The molecule has 1 aromatic carbocycles. The molecule has 0 saturated heterocycles. The van der Waals surface area contributed by atoms with Gasteiger partial charge in [-0.3, -0.25) is 4.79 Å². The van der Waals surface area contributed by atoms with Gasteiger partial charge in [0.1, 0.15) is 4.47 Å². The van der Waals surface area contributed by atoms with Crippen LogP contribution < -0.4 is 10.9 Å². The Morgan fingerprint density at radius 2 is 1.85 bits per heavy atom. The van der Waals surface area contributed by atoms with Crippen LogP contribution in [-0.4, -0.2) is 9.78 Å². The van der Waals surface area contributed by atoms with Gasteiger partial charge in [-0.05, 0) is 40.4 Å². The predicted molar refractivity (Wildman–Crippen MR) is 85.0 cm³/mol. The fourth-order valence-corrected chi connectivity index (χ4v) is 2.35. The lowest BCUT2D eigenvalue weighted by Gasteiger charge is -2.10. The van der Waals surface area contributed by atoms with Crippen molar-refractivity contribution in [2.75, 3.05) is 5.32 Å². The highest BCUT2D eigenvalue weighted by Gasteiger charge is 2.07. The van der Waals surface area contributed by atoms with Crippen molar-refractivity contribution in [2.24, 2.45) is 0 Å². The Morgan fingerprint density at radius 1 is 1.20 bits per heavy atom. The van der Waals surface area contributed by atoms with E-state index in [0.717, 1.165) is 12.1 Å². The van der Waals surface area contributed by atoms with Gasteiger partial charge in [-0.2, -0.15) is 5.10 Å². The number of hydrogen-bond acceptors (Lipinski definition) is 3. The van der Waals surface area contributed by atoms with E-state index >= 15 is 0 Å². The van der Waals surface area contributed by atoms with E-state index in [2.05, 4.69) is 57.5 Å². The fraction of sp³-hybridized carbons (Fsp3) is 0.333. The molecular weight excluding hydrogens is 318 g/mol. The number of hydrogen-bond donors (Lipinski definition) is 1. The van der Waals surface area contributed by atoms with Crippen molar-refractivity contribution >= 4 is 21.6 Å². The third kappa shape index (κ3) is 3.28. The maximum absolute atomic E-state index is 11.9. The largest absolute Gasteiger partial charge is 0.379 e. The Kier molecular flexibility index (Phi) is 4.95. The lowest BCUT2D eigenvalue weighted by molar-refractivity contribution is 0.613. The van der Waals surface area contributed by atoms with Crippen LogP contribution >= 0.6 is 15.9 Å². The van der Waals surface area contributed by atoms with Crippen molar-refractivity contribution in [3.8, 4) is 0 Å². The number of nitrogens with one attached hydrogen (secondary N) is 1. The van der Waals surface area contributed by atoms with Crippen LogP contribution in [0.2, 0.25) is 0 Å². The van der Waals surface area contributed by atoms with Gasteiger partial charge < -0.3 is 5.32 Å². The average molecular weight is 336 g/mol. The topological polar surface area (TPSA) is 46.9 Å². The van der Waals surface area contributed by atoms with Gasteiger partial charge in [0, 0.05) is 13.1 Å². The number of benzene rings is 1. The van der Waals surface area contributed by atoms with E-state index in [1.54, 1.807) is 6.20 Å². The minimum atomic E-state index is -0.112. The van der Waals surface area contributed by atoms with Crippen molar-refractivity contribution in [2.45, 2.75) is 33.4 Å². The number of aromatic nitrogens is 2. The van der Waals surface area contributed by atoms with Crippen LogP contribution in [0.1, 0.15) is 25.0 Å². The second kappa shape index (κ2) is 6.70. The van der Waals surface area contributed by atoms with E-state index in [9.17, 15) is 4.79 Å². The number of anilines is 1.